The zero-order valence-corrected chi connectivity index (χ0v) is 7.08. The molecule has 0 saturated carbocycles. The van der Waals surface area contributed by atoms with Gasteiger partial charge in [0, 0.05) is 17.7 Å². The van der Waals surface area contributed by atoms with Crippen molar-refractivity contribution in [2.24, 2.45) is 0 Å². The van der Waals surface area contributed by atoms with Crippen LogP contribution in [0, 0.1) is 10.1 Å². The van der Waals surface area contributed by atoms with Gasteiger partial charge in [-0.25, -0.2) is 4.98 Å². The number of hydrogen-bond acceptors (Lipinski definition) is 4. The van der Waals surface area contributed by atoms with Crippen LogP contribution in [0.5, 0.6) is 0 Å². The van der Waals surface area contributed by atoms with Gasteiger partial charge in [0.1, 0.15) is 12.0 Å². The van der Waals surface area contributed by atoms with E-state index in [2.05, 4.69) is 4.98 Å². The fourth-order valence-corrected chi connectivity index (χ4v) is 1.13. The summed E-state index contributed by atoms with van der Waals surface area (Å²) in [6.07, 6.45) is 2.73. The number of nitrogens with zero attached hydrogens (tertiary/aromatic N) is 2. The summed E-state index contributed by atoms with van der Waals surface area (Å²) >= 11 is 0. The van der Waals surface area contributed by atoms with E-state index in [1.54, 1.807) is 12.1 Å². The SMILES string of the molecule is O=[N+]([O-])c1cccc(-c2cocn2)c1. The van der Waals surface area contributed by atoms with Crippen LogP contribution in [0.15, 0.2) is 41.3 Å². The molecule has 5 heteroatoms. The Bertz CT molecular complexity index is 451. The van der Waals surface area contributed by atoms with Crippen molar-refractivity contribution in [2.45, 2.75) is 0 Å². The predicted molar refractivity (Wildman–Crippen MR) is 48.6 cm³/mol. The highest BCUT2D eigenvalue weighted by molar-refractivity contribution is 5.61. The molecule has 1 aromatic heterocycles. The van der Waals surface area contributed by atoms with Crippen molar-refractivity contribution in [1.82, 2.24) is 4.98 Å². The first-order valence-electron chi connectivity index (χ1n) is 3.90. The fraction of sp³-hybridized carbons (Fsp3) is 0. The van der Waals surface area contributed by atoms with Gasteiger partial charge in [-0.05, 0) is 0 Å². The number of benzene rings is 1. The van der Waals surface area contributed by atoms with E-state index in [-0.39, 0.29) is 5.69 Å². The summed E-state index contributed by atoms with van der Waals surface area (Å²) in [5.41, 5.74) is 1.31. The Balaban J connectivity index is 2.46. The number of non-ortho nitro benzene ring substituents is 1. The van der Waals surface area contributed by atoms with Crippen LogP contribution in [0.3, 0.4) is 0 Å². The molecule has 0 spiro atoms. The maximum atomic E-state index is 10.5. The Morgan fingerprint density at radius 1 is 1.43 bits per heavy atom. The van der Waals surface area contributed by atoms with Gasteiger partial charge in [0.2, 0.25) is 0 Å². The molecular formula is C9H6N2O3. The third kappa shape index (κ3) is 1.47. The molecule has 70 valence electrons. The summed E-state index contributed by atoms with van der Waals surface area (Å²) in [6.45, 7) is 0. The second-order valence-corrected chi connectivity index (χ2v) is 2.68. The van der Waals surface area contributed by atoms with Crippen LogP contribution in [0.2, 0.25) is 0 Å². The topological polar surface area (TPSA) is 69.2 Å². The average Bonchev–Trinajstić information content (AvgIpc) is 2.71. The fourth-order valence-electron chi connectivity index (χ4n) is 1.13. The Morgan fingerprint density at radius 3 is 2.93 bits per heavy atom. The molecule has 0 fully saturated rings. The molecule has 0 aliphatic rings. The normalized spacial score (nSPS) is 10.0. The van der Waals surface area contributed by atoms with Crippen LogP contribution < -0.4 is 0 Å². The van der Waals surface area contributed by atoms with E-state index in [0.29, 0.717) is 11.3 Å². The maximum absolute atomic E-state index is 10.5. The van der Waals surface area contributed by atoms with Crippen molar-refractivity contribution in [3.63, 3.8) is 0 Å². The highest BCUT2D eigenvalue weighted by atomic mass is 16.6. The largest absolute Gasteiger partial charge is 0.451 e. The third-order valence-corrected chi connectivity index (χ3v) is 1.79. The molecule has 0 unspecified atom stereocenters. The molecule has 1 heterocycles. The van der Waals surface area contributed by atoms with E-state index in [0.717, 1.165) is 0 Å². The van der Waals surface area contributed by atoms with Gasteiger partial charge in [-0.3, -0.25) is 10.1 Å². The van der Waals surface area contributed by atoms with Crippen LogP contribution >= 0.6 is 0 Å². The number of nitro groups is 1. The molecule has 2 rings (SSSR count). The van der Waals surface area contributed by atoms with Crippen molar-refractivity contribution >= 4 is 5.69 Å². The van der Waals surface area contributed by atoms with Crippen LogP contribution in [-0.4, -0.2) is 9.91 Å². The van der Waals surface area contributed by atoms with Gasteiger partial charge in [0.15, 0.2) is 6.39 Å². The van der Waals surface area contributed by atoms with Gasteiger partial charge in [-0.1, -0.05) is 12.1 Å². The molecule has 0 atom stereocenters. The van der Waals surface area contributed by atoms with Crippen LogP contribution in [0.25, 0.3) is 11.3 Å². The van der Waals surface area contributed by atoms with Crippen molar-refractivity contribution in [2.75, 3.05) is 0 Å². The molecule has 5 nitrogen and oxygen atoms in total. The molecule has 0 aliphatic heterocycles. The molecule has 14 heavy (non-hydrogen) atoms. The first-order valence-corrected chi connectivity index (χ1v) is 3.90. The number of rotatable bonds is 2. The Labute approximate surface area is 79.2 Å². The Morgan fingerprint density at radius 2 is 2.29 bits per heavy atom. The van der Waals surface area contributed by atoms with E-state index in [4.69, 9.17) is 4.42 Å². The van der Waals surface area contributed by atoms with Crippen LogP contribution in [0.4, 0.5) is 5.69 Å². The first-order chi connectivity index (χ1) is 6.77. The van der Waals surface area contributed by atoms with E-state index in [1.165, 1.54) is 24.8 Å². The molecule has 0 radical (unpaired) electrons. The second-order valence-electron chi connectivity index (χ2n) is 2.68. The second kappa shape index (κ2) is 3.29. The zero-order chi connectivity index (χ0) is 9.97. The average molecular weight is 190 g/mol. The maximum Gasteiger partial charge on any atom is 0.270 e. The summed E-state index contributed by atoms with van der Waals surface area (Å²) in [5, 5.41) is 10.5. The highest BCUT2D eigenvalue weighted by Gasteiger charge is 2.07. The monoisotopic (exact) mass is 190 g/mol. The quantitative estimate of drug-likeness (QED) is 0.537. The number of oxazole rings is 1. The summed E-state index contributed by atoms with van der Waals surface area (Å²) in [7, 11) is 0. The lowest BCUT2D eigenvalue weighted by atomic mass is 10.1. The van der Waals surface area contributed by atoms with Gasteiger partial charge < -0.3 is 4.42 Å². The minimum atomic E-state index is -0.441. The van der Waals surface area contributed by atoms with E-state index >= 15 is 0 Å². The molecule has 0 aliphatic carbocycles. The van der Waals surface area contributed by atoms with Crippen molar-refractivity contribution in [3.05, 3.63) is 47.0 Å². The number of hydrogen-bond donors (Lipinski definition) is 0. The summed E-state index contributed by atoms with van der Waals surface area (Å²) in [6, 6.07) is 6.24. The van der Waals surface area contributed by atoms with Gasteiger partial charge in [-0.2, -0.15) is 0 Å². The highest BCUT2D eigenvalue weighted by Crippen LogP contribution is 2.21. The lowest BCUT2D eigenvalue weighted by Gasteiger charge is -1.94. The lowest BCUT2D eigenvalue weighted by Crippen LogP contribution is -1.87. The van der Waals surface area contributed by atoms with Crippen LogP contribution in [-0.2, 0) is 0 Å². The minimum absolute atomic E-state index is 0.0468. The molecule has 2 aromatic rings. The van der Waals surface area contributed by atoms with Gasteiger partial charge in [0.05, 0.1) is 4.92 Å². The van der Waals surface area contributed by atoms with Gasteiger partial charge >= 0.3 is 0 Å². The predicted octanol–water partition coefficient (Wildman–Crippen LogP) is 2.25. The zero-order valence-electron chi connectivity index (χ0n) is 7.08. The van der Waals surface area contributed by atoms with E-state index in [9.17, 15) is 10.1 Å². The molecule has 0 bridgehead atoms. The molecule has 0 N–H and O–H groups in total. The Hall–Kier alpha value is -2.17. The third-order valence-electron chi connectivity index (χ3n) is 1.79. The van der Waals surface area contributed by atoms with Crippen molar-refractivity contribution in [3.8, 4) is 11.3 Å². The number of nitro benzene ring substituents is 1. The summed E-state index contributed by atoms with van der Waals surface area (Å²) in [4.78, 5) is 13.9. The summed E-state index contributed by atoms with van der Waals surface area (Å²) in [5.74, 6) is 0. The van der Waals surface area contributed by atoms with E-state index in [1.807, 2.05) is 0 Å². The molecule has 1 aromatic carbocycles. The van der Waals surface area contributed by atoms with Gasteiger partial charge in [0.25, 0.3) is 5.69 Å². The van der Waals surface area contributed by atoms with Crippen molar-refractivity contribution in [1.29, 1.82) is 0 Å². The molecular weight excluding hydrogens is 184 g/mol. The van der Waals surface area contributed by atoms with E-state index < -0.39 is 4.92 Å². The standard InChI is InChI=1S/C9H6N2O3/c12-11(13)8-3-1-2-7(4-8)9-5-14-6-10-9/h1-6H. The Kier molecular flexibility index (Phi) is 1.98. The number of aromatic nitrogens is 1. The lowest BCUT2D eigenvalue weighted by molar-refractivity contribution is -0.384. The minimum Gasteiger partial charge on any atom is -0.451 e. The summed E-state index contributed by atoms with van der Waals surface area (Å²) < 4.78 is 4.79. The molecule has 0 saturated heterocycles. The van der Waals surface area contributed by atoms with Gasteiger partial charge in [-0.15, -0.1) is 0 Å². The first kappa shape index (κ1) is 8.43. The van der Waals surface area contributed by atoms with Crippen LogP contribution in [0.1, 0.15) is 0 Å². The smallest absolute Gasteiger partial charge is 0.270 e. The van der Waals surface area contributed by atoms with Crippen molar-refractivity contribution < 1.29 is 9.34 Å². The molecule has 0 amide bonds.